The van der Waals surface area contributed by atoms with E-state index in [9.17, 15) is 13.2 Å². The zero-order chi connectivity index (χ0) is 23.7. The highest BCUT2D eigenvalue weighted by molar-refractivity contribution is 5.63. The third-order valence-electron chi connectivity index (χ3n) is 5.76. The smallest absolute Gasteiger partial charge is 0.366 e. The van der Waals surface area contributed by atoms with Gasteiger partial charge in [-0.2, -0.15) is 13.2 Å². The van der Waals surface area contributed by atoms with Gasteiger partial charge in [0.1, 0.15) is 11.6 Å². The van der Waals surface area contributed by atoms with Gasteiger partial charge in [0.2, 0.25) is 5.95 Å². The topological polar surface area (TPSA) is 119 Å². The molecule has 4 aromatic rings. The molecular weight excluding hydrogens is 447 g/mol. The summed E-state index contributed by atoms with van der Waals surface area (Å²) in [6.45, 7) is 0. The molecule has 0 amide bonds. The second-order valence-electron chi connectivity index (χ2n) is 8.24. The van der Waals surface area contributed by atoms with E-state index >= 15 is 0 Å². The molecule has 4 heterocycles. The number of alkyl halides is 3. The first-order chi connectivity index (χ1) is 16.3. The maximum atomic E-state index is 12.9. The third kappa shape index (κ3) is 4.76. The molecule has 4 aromatic heterocycles. The van der Waals surface area contributed by atoms with Gasteiger partial charge in [-0.15, -0.1) is 5.10 Å². The number of anilines is 3. The Morgan fingerprint density at radius 2 is 1.68 bits per heavy atom. The minimum atomic E-state index is -4.46. The quantitative estimate of drug-likeness (QED) is 0.401. The Bertz CT molecular complexity index is 1280. The summed E-state index contributed by atoms with van der Waals surface area (Å²) in [5, 5.41) is 10.8. The van der Waals surface area contributed by atoms with Crippen LogP contribution in [-0.2, 0) is 6.18 Å². The number of hydrogen-bond acceptors (Lipinski definition) is 8. The zero-order valence-electron chi connectivity index (χ0n) is 18.0. The van der Waals surface area contributed by atoms with Crippen LogP contribution >= 0.6 is 0 Å². The molecule has 1 fully saturated rings. The highest BCUT2D eigenvalue weighted by Gasteiger charge is 2.30. The van der Waals surface area contributed by atoms with E-state index in [-0.39, 0.29) is 17.8 Å². The molecule has 0 bridgehead atoms. The van der Waals surface area contributed by atoms with Gasteiger partial charge in [-0.25, -0.2) is 24.5 Å². The van der Waals surface area contributed by atoms with Crippen LogP contribution in [-0.4, -0.2) is 41.6 Å². The fraction of sp³-hybridized carbons (Fsp3) is 0.318. The number of halogens is 3. The van der Waals surface area contributed by atoms with Crippen molar-refractivity contribution in [1.82, 2.24) is 29.5 Å². The SMILES string of the molecule is N[C@H]1CC[C@H](Nc2ccc3ncc(-c4cnc(Nc5cc(C(F)(F)F)ccn5)nc4)n3n2)CC1. The van der Waals surface area contributed by atoms with Crippen molar-refractivity contribution in [3.8, 4) is 11.3 Å². The lowest BCUT2D eigenvalue weighted by molar-refractivity contribution is -0.137. The van der Waals surface area contributed by atoms with Gasteiger partial charge in [-0.05, 0) is 49.9 Å². The molecule has 1 saturated carbocycles. The highest BCUT2D eigenvalue weighted by Crippen LogP contribution is 2.30. The molecule has 1 aliphatic carbocycles. The molecule has 12 heteroatoms. The van der Waals surface area contributed by atoms with E-state index in [0.717, 1.165) is 49.8 Å². The summed E-state index contributed by atoms with van der Waals surface area (Å²) in [5.41, 5.74) is 7.20. The molecule has 0 unspecified atom stereocenters. The predicted octanol–water partition coefficient (Wildman–Crippen LogP) is 4.03. The summed E-state index contributed by atoms with van der Waals surface area (Å²) < 4.78 is 40.4. The van der Waals surface area contributed by atoms with E-state index < -0.39 is 11.7 Å². The van der Waals surface area contributed by atoms with Gasteiger partial charge in [-0.1, -0.05) is 0 Å². The van der Waals surface area contributed by atoms with Crippen molar-refractivity contribution in [3.05, 3.63) is 54.6 Å². The Balaban J connectivity index is 1.34. The fourth-order valence-electron chi connectivity index (χ4n) is 3.93. The monoisotopic (exact) mass is 469 g/mol. The third-order valence-corrected chi connectivity index (χ3v) is 5.76. The van der Waals surface area contributed by atoms with Crippen LogP contribution in [0.2, 0.25) is 0 Å². The van der Waals surface area contributed by atoms with Crippen LogP contribution < -0.4 is 16.4 Å². The Labute approximate surface area is 192 Å². The summed E-state index contributed by atoms with van der Waals surface area (Å²) in [6.07, 6.45) is 5.38. The second kappa shape index (κ2) is 8.86. The lowest BCUT2D eigenvalue weighted by Crippen LogP contribution is -2.33. The molecule has 5 rings (SSSR count). The molecule has 0 radical (unpaired) electrons. The van der Waals surface area contributed by atoms with Crippen LogP contribution in [0, 0.1) is 0 Å². The molecular formula is C22H22F3N9. The number of pyridine rings is 1. The van der Waals surface area contributed by atoms with Crippen molar-refractivity contribution in [2.75, 3.05) is 10.6 Å². The Kier molecular flexibility index (Phi) is 5.74. The average molecular weight is 469 g/mol. The summed E-state index contributed by atoms with van der Waals surface area (Å²) >= 11 is 0. The Morgan fingerprint density at radius 1 is 0.912 bits per heavy atom. The van der Waals surface area contributed by atoms with Gasteiger partial charge < -0.3 is 16.4 Å². The van der Waals surface area contributed by atoms with Crippen LogP contribution in [0.3, 0.4) is 0 Å². The Hall–Kier alpha value is -3.80. The summed E-state index contributed by atoms with van der Waals surface area (Å²) in [7, 11) is 0. The van der Waals surface area contributed by atoms with E-state index in [1.165, 1.54) is 0 Å². The van der Waals surface area contributed by atoms with Gasteiger partial charge >= 0.3 is 6.18 Å². The Morgan fingerprint density at radius 3 is 2.41 bits per heavy atom. The first kappa shape index (κ1) is 22.0. The molecule has 9 nitrogen and oxygen atoms in total. The zero-order valence-corrected chi connectivity index (χ0v) is 18.0. The molecule has 176 valence electrons. The van der Waals surface area contributed by atoms with Gasteiger partial charge in [0.15, 0.2) is 5.65 Å². The van der Waals surface area contributed by atoms with Crippen LogP contribution in [0.1, 0.15) is 31.2 Å². The van der Waals surface area contributed by atoms with E-state index in [4.69, 9.17) is 5.73 Å². The highest BCUT2D eigenvalue weighted by atomic mass is 19.4. The lowest BCUT2D eigenvalue weighted by Gasteiger charge is -2.27. The maximum absolute atomic E-state index is 12.9. The van der Waals surface area contributed by atoms with Gasteiger partial charge in [0.05, 0.1) is 17.5 Å². The molecule has 0 atom stereocenters. The largest absolute Gasteiger partial charge is 0.416 e. The summed E-state index contributed by atoms with van der Waals surface area (Å²) in [4.78, 5) is 16.7. The van der Waals surface area contributed by atoms with Crippen LogP contribution in [0.15, 0.2) is 49.1 Å². The van der Waals surface area contributed by atoms with Crippen molar-refractivity contribution in [2.24, 2.45) is 5.73 Å². The second-order valence-corrected chi connectivity index (χ2v) is 8.24. The van der Waals surface area contributed by atoms with Gasteiger partial charge in [0, 0.05) is 36.2 Å². The van der Waals surface area contributed by atoms with Crippen LogP contribution in [0.25, 0.3) is 16.9 Å². The van der Waals surface area contributed by atoms with E-state index in [1.54, 1.807) is 23.1 Å². The molecule has 0 aromatic carbocycles. The number of aromatic nitrogens is 6. The van der Waals surface area contributed by atoms with Crippen molar-refractivity contribution in [2.45, 2.75) is 43.9 Å². The van der Waals surface area contributed by atoms with Gasteiger partial charge in [-0.3, -0.25) is 0 Å². The molecule has 0 spiro atoms. The number of hydrogen-bond donors (Lipinski definition) is 3. The normalized spacial score (nSPS) is 18.7. The van der Waals surface area contributed by atoms with Crippen molar-refractivity contribution in [1.29, 1.82) is 0 Å². The molecule has 1 aliphatic rings. The number of rotatable bonds is 5. The summed E-state index contributed by atoms with van der Waals surface area (Å²) in [6, 6.07) is 6.18. The fourth-order valence-corrected chi connectivity index (χ4v) is 3.93. The molecule has 4 N–H and O–H groups in total. The van der Waals surface area contributed by atoms with E-state index in [0.29, 0.717) is 22.9 Å². The number of nitrogens with two attached hydrogens (primary N) is 1. The lowest BCUT2D eigenvalue weighted by atomic mass is 9.92. The minimum absolute atomic E-state index is 0.00145. The molecule has 0 aliphatic heterocycles. The molecule has 0 saturated heterocycles. The van der Waals surface area contributed by atoms with Crippen molar-refractivity contribution >= 4 is 23.2 Å². The minimum Gasteiger partial charge on any atom is -0.366 e. The van der Waals surface area contributed by atoms with Crippen LogP contribution in [0.5, 0.6) is 0 Å². The van der Waals surface area contributed by atoms with Gasteiger partial charge in [0.25, 0.3) is 0 Å². The summed E-state index contributed by atoms with van der Waals surface area (Å²) in [5.74, 6) is 0.857. The standard InChI is InChI=1S/C22H22F3N9/c23-22(24,25)14-7-8-27-19(9-14)32-21-29-10-13(11-30-21)17-12-28-20-6-5-18(33-34(17)20)31-16-3-1-15(26)2-4-16/h5-12,15-16H,1-4,26H2,(H,31,33)(H,27,29,30,32)/t15-,16-. The number of nitrogens with zero attached hydrogens (tertiary/aromatic N) is 6. The average Bonchev–Trinajstić information content (AvgIpc) is 3.24. The number of fused-ring (bicyclic) bond motifs is 1. The van der Waals surface area contributed by atoms with E-state index in [1.807, 2.05) is 12.1 Å². The van der Waals surface area contributed by atoms with E-state index in [2.05, 4.69) is 35.7 Å². The van der Waals surface area contributed by atoms with Crippen LogP contribution in [0.4, 0.5) is 30.8 Å². The maximum Gasteiger partial charge on any atom is 0.416 e. The first-order valence-electron chi connectivity index (χ1n) is 10.8. The number of imidazole rings is 1. The predicted molar refractivity (Wildman–Crippen MR) is 120 cm³/mol. The molecule has 34 heavy (non-hydrogen) atoms. The van der Waals surface area contributed by atoms with Crippen molar-refractivity contribution in [3.63, 3.8) is 0 Å². The van der Waals surface area contributed by atoms with Crippen molar-refractivity contribution < 1.29 is 13.2 Å². The first-order valence-corrected chi connectivity index (χ1v) is 10.8. The number of nitrogens with one attached hydrogen (secondary N) is 2.